The zero-order valence-electron chi connectivity index (χ0n) is 10.4. The van der Waals surface area contributed by atoms with Crippen molar-refractivity contribution in [3.05, 3.63) is 42.1 Å². The van der Waals surface area contributed by atoms with Crippen molar-refractivity contribution in [3.8, 4) is 0 Å². The Balaban J connectivity index is 2.35. The second kappa shape index (κ2) is 4.81. The number of pyridine rings is 1. The first-order valence-corrected chi connectivity index (χ1v) is 5.99. The highest BCUT2D eigenvalue weighted by atomic mass is 19.4. The molecule has 5 heteroatoms. The maximum atomic E-state index is 12.8. The lowest BCUT2D eigenvalue weighted by atomic mass is 9.93. The molecule has 1 heterocycles. The third-order valence-electron chi connectivity index (χ3n) is 3.24. The Morgan fingerprint density at radius 2 is 1.79 bits per heavy atom. The zero-order valence-corrected chi connectivity index (χ0v) is 10.4. The Kier molecular flexibility index (Phi) is 3.49. The summed E-state index contributed by atoms with van der Waals surface area (Å²) in [6.45, 7) is 1.31. The number of halogens is 3. The van der Waals surface area contributed by atoms with Gasteiger partial charge in [0, 0.05) is 17.5 Å². The van der Waals surface area contributed by atoms with Gasteiger partial charge in [-0.2, -0.15) is 13.2 Å². The molecule has 0 aliphatic heterocycles. The molecule has 102 valence electrons. The smallest absolute Gasteiger partial charge is 0.380 e. The van der Waals surface area contributed by atoms with Gasteiger partial charge in [0.05, 0.1) is 5.52 Å². The normalized spacial score (nSPS) is 15.4. The van der Waals surface area contributed by atoms with E-state index in [1.807, 2.05) is 12.1 Å². The summed E-state index contributed by atoms with van der Waals surface area (Å²) in [5.41, 5.74) is -1.86. The molecule has 19 heavy (non-hydrogen) atoms. The molecule has 0 saturated carbocycles. The quantitative estimate of drug-likeness (QED) is 0.925. The molecule has 1 aromatic carbocycles. The molecule has 1 atom stereocenters. The molecule has 2 nitrogen and oxygen atoms in total. The van der Waals surface area contributed by atoms with Crippen molar-refractivity contribution in [3.63, 3.8) is 0 Å². The molecular weight excluding hydrogens is 255 g/mol. The lowest BCUT2D eigenvalue weighted by Crippen LogP contribution is -2.46. The molecule has 2 aromatic rings. The Bertz CT molecular complexity index is 582. The second-order valence-electron chi connectivity index (χ2n) is 4.55. The Morgan fingerprint density at radius 3 is 2.42 bits per heavy atom. The molecule has 1 unspecified atom stereocenters. The fraction of sp³-hybridized carbons (Fsp3) is 0.357. The van der Waals surface area contributed by atoms with Gasteiger partial charge in [-0.15, -0.1) is 0 Å². The molecule has 1 N–H and O–H groups in total. The third-order valence-corrected chi connectivity index (χ3v) is 3.24. The van der Waals surface area contributed by atoms with E-state index in [9.17, 15) is 18.3 Å². The summed E-state index contributed by atoms with van der Waals surface area (Å²) in [7, 11) is 0. The van der Waals surface area contributed by atoms with Gasteiger partial charge in [-0.25, -0.2) is 0 Å². The number of rotatable bonds is 3. The molecule has 0 radical (unpaired) electrons. The molecule has 0 spiro atoms. The number of hydrogen-bond donors (Lipinski definition) is 1. The molecule has 0 fully saturated rings. The van der Waals surface area contributed by atoms with E-state index in [0.29, 0.717) is 5.52 Å². The molecule has 0 amide bonds. The zero-order chi connectivity index (χ0) is 14.1. The van der Waals surface area contributed by atoms with Crippen LogP contribution in [0.25, 0.3) is 10.9 Å². The van der Waals surface area contributed by atoms with Crippen LogP contribution in [0.1, 0.15) is 19.0 Å². The number of fused-ring (bicyclic) bond motifs is 1. The summed E-state index contributed by atoms with van der Waals surface area (Å²) in [4.78, 5) is 4.16. The van der Waals surface area contributed by atoms with E-state index in [-0.39, 0.29) is 5.69 Å². The predicted molar refractivity (Wildman–Crippen MR) is 66.7 cm³/mol. The predicted octanol–water partition coefficient (Wildman–Crippen LogP) is 3.48. The highest BCUT2D eigenvalue weighted by molar-refractivity contribution is 5.78. The van der Waals surface area contributed by atoms with Crippen molar-refractivity contribution in [2.75, 3.05) is 0 Å². The maximum absolute atomic E-state index is 12.8. The van der Waals surface area contributed by atoms with Crippen molar-refractivity contribution in [2.45, 2.75) is 31.5 Å². The number of alkyl halides is 3. The average molecular weight is 269 g/mol. The van der Waals surface area contributed by atoms with Gasteiger partial charge in [-0.05, 0) is 18.6 Å². The lowest BCUT2D eigenvalue weighted by molar-refractivity contribution is -0.260. The number of aromatic nitrogens is 1. The molecule has 0 aliphatic carbocycles. The highest BCUT2D eigenvalue weighted by Crippen LogP contribution is 2.35. The topological polar surface area (TPSA) is 33.1 Å². The first-order valence-electron chi connectivity index (χ1n) is 5.99. The van der Waals surface area contributed by atoms with Crippen LogP contribution in [0.15, 0.2) is 36.4 Å². The molecular formula is C14H14F3NO. The van der Waals surface area contributed by atoms with Gasteiger partial charge in [-0.1, -0.05) is 31.2 Å². The molecule has 2 rings (SSSR count). The molecule has 0 saturated heterocycles. The van der Waals surface area contributed by atoms with Gasteiger partial charge in [-0.3, -0.25) is 4.98 Å². The van der Waals surface area contributed by atoms with E-state index in [0.717, 1.165) is 5.39 Å². The van der Waals surface area contributed by atoms with Gasteiger partial charge in [0.15, 0.2) is 5.60 Å². The fourth-order valence-electron chi connectivity index (χ4n) is 1.93. The minimum atomic E-state index is -4.66. The fourth-order valence-corrected chi connectivity index (χ4v) is 1.93. The van der Waals surface area contributed by atoms with Crippen LogP contribution in [-0.2, 0) is 6.42 Å². The minimum absolute atomic E-state index is 0.236. The lowest BCUT2D eigenvalue weighted by Gasteiger charge is -2.29. The van der Waals surface area contributed by atoms with Crippen molar-refractivity contribution in [1.82, 2.24) is 4.98 Å². The van der Waals surface area contributed by atoms with Crippen molar-refractivity contribution in [1.29, 1.82) is 0 Å². The summed E-state index contributed by atoms with van der Waals surface area (Å²) < 4.78 is 38.5. The van der Waals surface area contributed by atoms with Gasteiger partial charge in [0.25, 0.3) is 0 Å². The van der Waals surface area contributed by atoms with E-state index in [2.05, 4.69) is 4.98 Å². The minimum Gasteiger partial charge on any atom is -0.380 e. The number of hydrogen-bond acceptors (Lipinski definition) is 2. The van der Waals surface area contributed by atoms with Crippen LogP contribution in [0.3, 0.4) is 0 Å². The number of para-hydroxylation sites is 1. The first-order chi connectivity index (χ1) is 8.86. The van der Waals surface area contributed by atoms with Crippen LogP contribution >= 0.6 is 0 Å². The average Bonchev–Trinajstić information content (AvgIpc) is 2.37. The van der Waals surface area contributed by atoms with Crippen LogP contribution < -0.4 is 0 Å². The standard InChI is InChI=1S/C14H14F3NO/c1-2-13(19,14(15,16)17)9-11-8-7-10-5-3-4-6-12(10)18-11/h3-8,19H,2,9H2,1H3. The van der Waals surface area contributed by atoms with Crippen LogP contribution in [0.5, 0.6) is 0 Å². The third kappa shape index (κ3) is 2.71. The molecule has 0 aliphatic rings. The van der Waals surface area contributed by atoms with E-state index in [1.54, 1.807) is 18.2 Å². The number of nitrogens with zero attached hydrogens (tertiary/aromatic N) is 1. The van der Waals surface area contributed by atoms with Crippen molar-refractivity contribution in [2.24, 2.45) is 0 Å². The van der Waals surface area contributed by atoms with Crippen LogP contribution in [0.2, 0.25) is 0 Å². The van der Waals surface area contributed by atoms with E-state index >= 15 is 0 Å². The van der Waals surface area contributed by atoms with Crippen molar-refractivity contribution >= 4 is 10.9 Å². The Morgan fingerprint density at radius 1 is 1.11 bits per heavy atom. The van der Waals surface area contributed by atoms with Gasteiger partial charge in [0.1, 0.15) is 0 Å². The molecule has 1 aromatic heterocycles. The van der Waals surface area contributed by atoms with Gasteiger partial charge >= 0.3 is 6.18 Å². The van der Waals surface area contributed by atoms with Crippen LogP contribution in [0.4, 0.5) is 13.2 Å². The van der Waals surface area contributed by atoms with Gasteiger partial charge < -0.3 is 5.11 Å². The van der Waals surface area contributed by atoms with E-state index in [1.165, 1.54) is 13.0 Å². The van der Waals surface area contributed by atoms with Gasteiger partial charge in [0.2, 0.25) is 0 Å². The monoisotopic (exact) mass is 269 g/mol. The van der Waals surface area contributed by atoms with Crippen molar-refractivity contribution < 1.29 is 18.3 Å². The van der Waals surface area contributed by atoms with E-state index < -0.39 is 24.6 Å². The van der Waals surface area contributed by atoms with Crippen LogP contribution in [0, 0.1) is 0 Å². The maximum Gasteiger partial charge on any atom is 0.417 e. The summed E-state index contributed by atoms with van der Waals surface area (Å²) >= 11 is 0. The summed E-state index contributed by atoms with van der Waals surface area (Å²) in [6, 6.07) is 10.4. The second-order valence-corrected chi connectivity index (χ2v) is 4.55. The summed E-state index contributed by atoms with van der Waals surface area (Å²) in [5, 5.41) is 10.6. The first kappa shape index (κ1) is 13.8. The summed E-state index contributed by atoms with van der Waals surface area (Å²) in [5.74, 6) is 0. The summed E-state index contributed by atoms with van der Waals surface area (Å²) in [6.07, 6.45) is -5.59. The van der Waals surface area contributed by atoms with E-state index in [4.69, 9.17) is 0 Å². The Hall–Kier alpha value is -1.62. The highest BCUT2D eigenvalue weighted by Gasteiger charge is 2.52. The molecule has 0 bridgehead atoms. The SMILES string of the molecule is CCC(O)(Cc1ccc2ccccc2n1)C(F)(F)F. The number of benzene rings is 1. The Labute approximate surface area is 108 Å². The van der Waals surface area contributed by atoms with Crippen LogP contribution in [-0.4, -0.2) is 21.9 Å². The largest absolute Gasteiger partial charge is 0.417 e. The number of aliphatic hydroxyl groups is 1.